The number of hydrogen-bond acceptors (Lipinski definition) is 2. The summed E-state index contributed by atoms with van der Waals surface area (Å²) in [6.45, 7) is 2.22. The Balaban J connectivity index is 2.24. The molecule has 0 saturated carbocycles. The first-order valence-electron chi connectivity index (χ1n) is 4.59. The van der Waals surface area contributed by atoms with Crippen LogP contribution in [0.2, 0.25) is 0 Å². The van der Waals surface area contributed by atoms with E-state index >= 15 is 0 Å². The van der Waals surface area contributed by atoms with Crippen molar-refractivity contribution in [1.29, 1.82) is 0 Å². The molecule has 1 atom stereocenters. The summed E-state index contributed by atoms with van der Waals surface area (Å²) in [6.07, 6.45) is 6.90. The van der Waals surface area contributed by atoms with Crippen molar-refractivity contribution in [3.05, 3.63) is 0 Å². The highest BCUT2D eigenvalue weighted by molar-refractivity contribution is 5.53. The molecule has 0 radical (unpaired) electrons. The number of carbonyl (C=O) groups excluding carboxylic acids is 1. The van der Waals surface area contributed by atoms with E-state index < -0.39 is 0 Å². The van der Waals surface area contributed by atoms with Crippen LogP contribution in [0.3, 0.4) is 0 Å². The molecule has 0 bridgehead atoms. The maximum absolute atomic E-state index is 10.5. The van der Waals surface area contributed by atoms with Crippen molar-refractivity contribution in [3.63, 3.8) is 0 Å². The summed E-state index contributed by atoms with van der Waals surface area (Å²) in [4.78, 5) is 10.5. The van der Waals surface area contributed by atoms with Gasteiger partial charge in [0, 0.05) is 5.92 Å². The zero-order valence-corrected chi connectivity index (χ0v) is 7.01. The molecule has 1 fully saturated rings. The molecule has 2 heteroatoms. The summed E-state index contributed by atoms with van der Waals surface area (Å²) in [5.74, 6) is 0.342. The number of nitrogens with one attached hydrogen (secondary N) is 1. The highest BCUT2D eigenvalue weighted by atomic mass is 16.1. The van der Waals surface area contributed by atoms with Crippen molar-refractivity contribution in [2.24, 2.45) is 5.92 Å². The number of hydrogen-bond donors (Lipinski definition) is 1. The quantitative estimate of drug-likeness (QED) is 0.579. The van der Waals surface area contributed by atoms with Crippen LogP contribution >= 0.6 is 0 Å². The Kier molecular flexibility index (Phi) is 4.21. The minimum Gasteiger partial charge on any atom is -0.317 e. The van der Waals surface area contributed by atoms with Crippen molar-refractivity contribution in [3.8, 4) is 0 Å². The number of rotatable bonds is 1. The highest BCUT2D eigenvalue weighted by Crippen LogP contribution is 2.13. The number of aldehydes is 1. The maximum Gasteiger partial charge on any atom is 0.123 e. The van der Waals surface area contributed by atoms with Crippen LogP contribution in [0.1, 0.15) is 32.1 Å². The monoisotopic (exact) mass is 155 g/mol. The molecule has 1 unspecified atom stereocenters. The van der Waals surface area contributed by atoms with E-state index in [1.807, 2.05) is 0 Å². The first-order chi connectivity index (χ1) is 5.43. The topological polar surface area (TPSA) is 29.1 Å². The summed E-state index contributed by atoms with van der Waals surface area (Å²) in [6, 6.07) is 0. The molecule has 0 aromatic carbocycles. The third kappa shape index (κ3) is 3.51. The van der Waals surface area contributed by atoms with Gasteiger partial charge in [-0.15, -0.1) is 0 Å². The van der Waals surface area contributed by atoms with Crippen molar-refractivity contribution in [1.82, 2.24) is 5.32 Å². The minimum absolute atomic E-state index is 0.342. The van der Waals surface area contributed by atoms with Gasteiger partial charge in [-0.1, -0.05) is 6.42 Å². The second-order valence-corrected chi connectivity index (χ2v) is 3.28. The first-order valence-corrected chi connectivity index (χ1v) is 4.59. The standard InChI is InChI=1S/C9H17NO/c11-8-9-4-1-2-6-10-7-3-5-9/h8-10H,1-7H2. The zero-order chi connectivity index (χ0) is 7.94. The van der Waals surface area contributed by atoms with Gasteiger partial charge in [-0.3, -0.25) is 0 Å². The van der Waals surface area contributed by atoms with Crippen LogP contribution in [-0.2, 0) is 4.79 Å². The van der Waals surface area contributed by atoms with Crippen LogP contribution < -0.4 is 5.32 Å². The molecule has 1 heterocycles. The predicted octanol–water partition coefficient (Wildman–Crippen LogP) is 1.36. The fourth-order valence-electron chi connectivity index (χ4n) is 1.55. The smallest absolute Gasteiger partial charge is 0.123 e. The van der Waals surface area contributed by atoms with Gasteiger partial charge in [-0.05, 0) is 38.8 Å². The van der Waals surface area contributed by atoms with E-state index in [1.54, 1.807) is 0 Å². The highest BCUT2D eigenvalue weighted by Gasteiger charge is 2.07. The Morgan fingerprint density at radius 3 is 2.64 bits per heavy atom. The molecule has 2 nitrogen and oxygen atoms in total. The molecular weight excluding hydrogens is 138 g/mol. The summed E-state index contributed by atoms with van der Waals surface area (Å²) < 4.78 is 0. The molecule has 0 spiro atoms. The molecule has 0 aromatic heterocycles. The third-order valence-electron chi connectivity index (χ3n) is 2.30. The van der Waals surface area contributed by atoms with Crippen LogP contribution in [0.15, 0.2) is 0 Å². The van der Waals surface area contributed by atoms with E-state index in [4.69, 9.17) is 0 Å². The summed E-state index contributed by atoms with van der Waals surface area (Å²) >= 11 is 0. The lowest BCUT2D eigenvalue weighted by Crippen LogP contribution is -2.15. The average Bonchev–Trinajstić information content (AvgIpc) is 2.16. The molecule has 0 aromatic rings. The fourth-order valence-corrected chi connectivity index (χ4v) is 1.55. The zero-order valence-electron chi connectivity index (χ0n) is 7.01. The fraction of sp³-hybridized carbons (Fsp3) is 0.889. The van der Waals surface area contributed by atoms with E-state index in [2.05, 4.69) is 5.32 Å². The van der Waals surface area contributed by atoms with Crippen LogP contribution in [0.4, 0.5) is 0 Å². The van der Waals surface area contributed by atoms with Gasteiger partial charge in [0.05, 0.1) is 0 Å². The normalized spacial score (nSPS) is 28.2. The molecule has 1 aliphatic heterocycles. The Morgan fingerprint density at radius 1 is 1.09 bits per heavy atom. The van der Waals surface area contributed by atoms with Gasteiger partial charge < -0.3 is 10.1 Å². The molecule has 1 rings (SSSR count). The van der Waals surface area contributed by atoms with Crippen molar-refractivity contribution in [2.45, 2.75) is 32.1 Å². The van der Waals surface area contributed by atoms with Gasteiger partial charge in [-0.25, -0.2) is 0 Å². The lowest BCUT2D eigenvalue weighted by molar-refractivity contribution is -0.111. The molecule has 1 saturated heterocycles. The van der Waals surface area contributed by atoms with E-state index in [-0.39, 0.29) is 0 Å². The van der Waals surface area contributed by atoms with Crippen molar-refractivity contribution < 1.29 is 4.79 Å². The molecule has 0 aliphatic carbocycles. The van der Waals surface area contributed by atoms with E-state index in [0.29, 0.717) is 5.92 Å². The predicted molar refractivity (Wildman–Crippen MR) is 45.5 cm³/mol. The van der Waals surface area contributed by atoms with Gasteiger partial charge in [0.25, 0.3) is 0 Å². The van der Waals surface area contributed by atoms with Crippen molar-refractivity contribution in [2.75, 3.05) is 13.1 Å². The van der Waals surface area contributed by atoms with Crippen LogP contribution in [-0.4, -0.2) is 19.4 Å². The number of carbonyl (C=O) groups is 1. The van der Waals surface area contributed by atoms with Gasteiger partial charge in [0.15, 0.2) is 0 Å². The third-order valence-corrected chi connectivity index (χ3v) is 2.30. The second-order valence-electron chi connectivity index (χ2n) is 3.28. The first kappa shape index (κ1) is 8.72. The van der Waals surface area contributed by atoms with Gasteiger partial charge in [0.1, 0.15) is 6.29 Å². The Bertz CT molecular complexity index is 104. The Hall–Kier alpha value is -0.370. The van der Waals surface area contributed by atoms with Gasteiger partial charge >= 0.3 is 0 Å². The molecule has 0 amide bonds. The lowest BCUT2D eigenvalue weighted by Gasteiger charge is -2.05. The van der Waals surface area contributed by atoms with Crippen molar-refractivity contribution >= 4 is 6.29 Å². The molecular formula is C9H17NO. The second kappa shape index (κ2) is 5.30. The Morgan fingerprint density at radius 2 is 1.82 bits per heavy atom. The lowest BCUT2D eigenvalue weighted by atomic mass is 9.99. The van der Waals surface area contributed by atoms with Gasteiger partial charge in [-0.2, -0.15) is 0 Å². The summed E-state index contributed by atoms with van der Waals surface area (Å²) in [5, 5.41) is 3.36. The van der Waals surface area contributed by atoms with Gasteiger partial charge in [0.2, 0.25) is 0 Å². The van der Waals surface area contributed by atoms with Crippen LogP contribution in [0, 0.1) is 5.92 Å². The maximum atomic E-state index is 10.5. The van der Waals surface area contributed by atoms with Crippen LogP contribution in [0.5, 0.6) is 0 Å². The minimum atomic E-state index is 0.342. The average molecular weight is 155 g/mol. The molecule has 64 valence electrons. The van der Waals surface area contributed by atoms with E-state index in [0.717, 1.165) is 38.6 Å². The Labute approximate surface area is 68.4 Å². The molecule has 1 N–H and O–H groups in total. The summed E-state index contributed by atoms with van der Waals surface area (Å²) in [5.41, 5.74) is 0. The van der Waals surface area contributed by atoms with E-state index in [9.17, 15) is 4.79 Å². The van der Waals surface area contributed by atoms with E-state index in [1.165, 1.54) is 12.8 Å². The molecule has 1 aliphatic rings. The molecule has 11 heavy (non-hydrogen) atoms. The SMILES string of the molecule is O=CC1CCCCNCCC1. The van der Waals surface area contributed by atoms with Crippen LogP contribution in [0.25, 0.3) is 0 Å². The largest absolute Gasteiger partial charge is 0.317 e. The summed E-state index contributed by atoms with van der Waals surface area (Å²) in [7, 11) is 0.